The number of nitrogens with one attached hydrogen (secondary N) is 2. The highest BCUT2D eigenvalue weighted by molar-refractivity contribution is 8.01. The lowest BCUT2D eigenvalue weighted by molar-refractivity contribution is -0.139. The first-order valence-electron chi connectivity index (χ1n) is 13.1. The number of hydrogen-bond donors (Lipinski definition) is 2. The van der Waals surface area contributed by atoms with E-state index in [1.54, 1.807) is 13.0 Å². The number of anilines is 3. The largest absolute Gasteiger partial charge is 0.465 e. The topological polar surface area (TPSA) is 92.7 Å². The minimum Gasteiger partial charge on any atom is -0.465 e. The van der Waals surface area contributed by atoms with Gasteiger partial charge in [-0.15, -0.1) is 0 Å². The van der Waals surface area contributed by atoms with E-state index >= 15 is 4.39 Å². The number of benzene rings is 1. The van der Waals surface area contributed by atoms with Gasteiger partial charge in [-0.25, -0.2) is 13.2 Å². The van der Waals surface area contributed by atoms with Gasteiger partial charge < -0.3 is 24.2 Å². The molecule has 1 spiro atoms. The number of carbonyl (C=O) groups excluding carboxylic acids is 2. The van der Waals surface area contributed by atoms with Crippen LogP contribution in [0.1, 0.15) is 61.8 Å². The first-order chi connectivity index (χ1) is 18.6. The van der Waals surface area contributed by atoms with Crippen LogP contribution in [-0.2, 0) is 9.53 Å². The van der Waals surface area contributed by atoms with Crippen molar-refractivity contribution in [2.75, 3.05) is 40.4 Å². The van der Waals surface area contributed by atoms with E-state index in [9.17, 15) is 23.2 Å². The minimum atomic E-state index is -2.81. The van der Waals surface area contributed by atoms with Crippen LogP contribution in [0.5, 0.6) is 0 Å². The molecule has 1 aliphatic heterocycles. The summed E-state index contributed by atoms with van der Waals surface area (Å²) >= 11 is 1.05. The lowest BCUT2D eigenvalue weighted by atomic mass is 9.88. The normalized spacial score (nSPS) is 19.3. The van der Waals surface area contributed by atoms with E-state index in [2.05, 4.69) is 10.0 Å². The van der Waals surface area contributed by atoms with E-state index in [4.69, 9.17) is 4.74 Å². The summed E-state index contributed by atoms with van der Waals surface area (Å²) in [6.07, 6.45) is 4.79. The smallest absolute Gasteiger partial charge is 0.317 e. The van der Waals surface area contributed by atoms with Gasteiger partial charge in [0.1, 0.15) is 17.3 Å². The Kier molecular flexibility index (Phi) is 7.58. The summed E-state index contributed by atoms with van der Waals surface area (Å²) in [5.74, 6) is -4.78. The molecule has 0 bridgehead atoms. The van der Waals surface area contributed by atoms with Gasteiger partial charge in [-0.2, -0.15) is 0 Å². The SMILES string of the molecule is CCOC(=O)CSNc1cc(F)c(C(=O)Nc2cccn(C3CC(F)(F)C3)c2=O)c(N2CCC3(CC2)CC3)c1. The van der Waals surface area contributed by atoms with Crippen LogP contribution >= 0.6 is 11.9 Å². The van der Waals surface area contributed by atoms with Crippen LogP contribution in [0.25, 0.3) is 0 Å². The van der Waals surface area contributed by atoms with Gasteiger partial charge in [0.2, 0.25) is 0 Å². The van der Waals surface area contributed by atoms with Crippen LogP contribution in [0.15, 0.2) is 35.3 Å². The Balaban J connectivity index is 1.38. The maximum absolute atomic E-state index is 15.6. The van der Waals surface area contributed by atoms with Crippen molar-refractivity contribution in [3.8, 4) is 0 Å². The number of piperidine rings is 1. The molecular weight excluding hydrogens is 533 g/mol. The van der Waals surface area contributed by atoms with Crippen LogP contribution in [0.3, 0.4) is 0 Å². The minimum absolute atomic E-state index is 0.0203. The number of pyridine rings is 1. The van der Waals surface area contributed by atoms with E-state index < -0.39 is 48.1 Å². The third-order valence-electron chi connectivity index (χ3n) is 7.79. The van der Waals surface area contributed by atoms with Crippen molar-refractivity contribution in [1.82, 2.24) is 4.57 Å². The number of carbonyl (C=O) groups is 2. The third kappa shape index (κ3) is 6.05. The van der Waals surface area contributed by atoms with Gasteiger partial charge >= 0.3 is 5.97 Å². The van der Waals surface area contributed by atoms with Gasteiger partial charge in [-0.3, -0.25) is 14.4 Å². The molecule has 1 aromatic heterocycles. The predicted octanol–water partition coefficient (Wildman–Crippen LogP) is 5.21. The highest BCUT2D eigenvalue weighted by atomic mass is 32.2. The Bertz CT molecular complexity index is 1310. The van der Waals surface area contributed by atoms with Gasteiger partial charge in [-0.05, 0) is 74.2 Å². The van der Waals surface area contributed by atoms with Crippen molar-refractivity contribution >= 4 is 40.9 Å². The first kappa shape index (κ1) is 27.4. The van der Waals surface area contributed by atoms with E-state index in [1.165, 1.54) is 41.8 Å². The van der Waals surface area contributed by atoms with Gasteiger partial charge in [0.15, 0.2) is 0 Å². The van der Waals surface area contributed by atoms with E-state index in [-0.39, 0.29) is 23.6 Å². The molecule has 5 rings (SSSR count). The summed E-state index contributed by atoms with van der Waals surface area (Å²) in [5, 5.41) is 2.52. The lowest BCUT2D eigenvalue weighted by Crippen LogP contribution is -2.41. The van der Waals surface area contributed by atoms with Crippen LogP contribution in [0.2, 0.25) is 0 Å². The van der Waals surface area contributed by atoms with Crippen LogP contribution in [0.4, 0.5) is 30.2 Å². The second-order valence-corrected chi connectivity index (χ2v) is 11.3. The summed E-state index contributed by atoms with van der Waals surface area (Å²) < 4.78 is 51.4. The molecule has 2 aromatic rings. The maximum atomic E-state index is 15.6. The first-order valence-corrected chi connectivity index (χ1v) is 14.1. The Labute approximate surface area is 228 Å². The molecule has 2 saturated carbocycles. The molecule has 8 nitrogen and oxygen atoms in total. The standard InChI is InChI=1S/C27H31F3N4O4S/c1-2-38-22(35)16-39-32-17-12-19(28)23(21(13-17)33-10-7-26(5-6-26)8-11-33)24(36)31-20-4-3-9-34(25(20)37)18-14-27(29,30)15-18/h3-4,9,12-13,18,32H,2,5-8,10-11,14-16H2,1H3,(H,31,36). The maximum Gasteiger partial charge on any atom is 0.317 e. The Hall–Kier alpha value is -3.15. The fourth-order valence-corrected chi connectivity index (χ4v) is 5.87. The van der Waals surface area contributed by atoms with Crippen LogP contribution in [-0.4, -0.2) is 47.8 Å². The highest BCUT2D eigenvalue weighted by Crippen LogP contribution is 2.54. The fourth-order valence-electron chi connectivity index (χ4n) is 5.31. The number of rotatable bonds is 9. The second kappa shape index (κ2) is 10.8. The van der Waals surface area contributed by atoms with Crippen molar-refractivity contribution in [1.29, 1.82) is 0 Å². The van der Waals surface area contributed by atoms with Gasteiger partial charge in [0, 0.05) is 43.9 Å². The number of amides is 1. The van der Waals surface area contributed by atoms with Crippen molar-refractivity contribution < 1.29 is 27.5 Å². The molecule has 0 unspecified atom stereocenters. The molecule has 3 aliphatic rings. The number of aromatic nitrogens is 1. The molecule has 39 heavy (non-hydrogen) atoms. The number of nitrogens with zero attached hydrogens (tertiary/aromatic N) is 2. The molecule has 0 radical (unpaired) electrons. The fraction of sp³-hybridized carbons (Fsp3) is 0.519. The molecule has 3 fully saturated rings. The Morgan fingerprint density at radius 1 is 1.15 bits per heavy atom. The van der Waals surface area contributed by atoms with Crippen LogP contribution < -0.4 is 20.5 Å². The summed E-state index contributed by atoms with van der Waals surface area (Å²) in [7, 11) is 0. The second-order valence-electron chi connectivity index (χ2n) is 10.5. The van der Waals surface area contributed by atoms with Crippen molar-refractivity contribution in [3.05, 3.63) is 52.2 Å². The molecule has 12 heteroatoms. The molecule has 1 saturated heterocycles. The zero-order chi connectivity index (χ0) is 27.8. The van der Waals surface area contributed by atoms with Gasteiger partial charge in [0.05, 0.1) is 17.9 Å². The third-order valence-corrected chi connectivity index (χ3v) is 8.55. The molecule has 2 heterocycles. The van der Waals surface area contributed by atoms with E-state index in [0.29, 0.717) is 29.9 Å². The molecule has 0 atom stereocenters. The Morgan fingerprint density at radius 3 is 2.51 bits per heavy atom. The molecule has 2 N–H and O–H groups in total. The molecule has 2 aliphatic carbocycles. The van der Waals surface area contributed by atoms with Crippen molar-refractivity contribution in [2.45, 2.75) is 57.4 Å². The number of esters is 1. The number of alkyl halides is 2. The quantitative estimate of drug-likeness (QED) is 0.319. The highest BCUT2D eigenvalue weighted by Gasteiger charge is 2.47. The summed E-state index contributed by atoms with van der Waals surface area (Å²) in [4.78, 5) is 40.0. The zero-order valence-electron chi connectivity index (χ0n) is 21.6. The lowest BCUT2D eigenvalue weighted by Gasteiger charge is -2.36. The number of ether oxygens (including phenoxy) is 1. The summed E-state index contributed by atoms with van der Waals surface area (Å²) in [6.45, 7) is 3.29. The Morgan fingerprint density at radius 2 is 1.87 bits per heavy atom. The average molecular weight is 565 g/mol. The molecule has 1 amide bonds. The van der Waals surface area contributed by atoms with Gasteiger partial charge in [0.25, 0.3) is 17.4 Å². The number of halogens is 3. The summed E-state index contributed by atoms with van der Waals surface area (Å²) in [5.41, 5.74) is 0.204. The van der Waals surface area contributed by atoms with Crippen LogP contribution in [0, 0.1) is 11.2 Å². The number of hydrogen-bond acceptors (Lipinski definition) is 7. The van der Waals surface area contributed by atoms with E-state index in [0.717, 1.165) is 24.8 Å². The molecular formula is C27H31F3N4O4S. The molecule has 210 valence electrons. The zero-order valence-corrected chi connectivity index (χ0v) is 22.4. The monoisotopic (exact) mass is 564 g/mol. The average Bonchev–Trinajstić information content (AvgIpc) is 3.62. The van der Waals surface area contributed by atoms with Gasteiger partial charge in [-0.1, -0.05) is 0 Å². The summed E-state index contributed by atoms with van der Waals surface area (Å²) in [6, 6.07) is 5.06. The van der Waals surface area contributed by atoms with Crippen molar-refractivity contribution in [3.63, 3.8) is 0 Å². The molecule has 1 aromatic carbocycles. The van der Waals surface area contributed by atoms with Crippen molar-refractivity contribution in [2.24, 2.45) is 5.41 Å². The van der Waals surface area contributed by atoms with E-state index in [1.807, 2.05) is 4.90 Å². The predicted molar refractivity (Wildman–Crippen MR) is 144 cm³/mol.